The molecule has 1 saturated heterocycles. The normalized spacial score (nSPS) is 27.9. The fraction of sp³-hybridized carbons (Fsp3) is 0.522. The Bertz CT molecular complexity index is 1160. The van der Waals surface area contributed by atoms with Crippen LogP contribution in [0.3, 0.4) is 0 Å². The maximum atomic E-state index is 15.3. The molecule has 2 heterocycles. The number of para-hydroxylation sites is 1. The zero-order valence-corrected chi connectivity index (χ0v) is 22.7. The van der Waals surface area contributed by atoms with Crippen molar-refractivity contribution >= 4 is 36.1 Å². The number of esters is 1. The Balaban J connectivity index is 1.88. The number of benzene rings is 1. The quantitative estimate of drug-likeness (QED) is 0.170. The minimum atomic E-state index is -3.93. The van der Waals surface area contributed by atoms with Crippen molar-refractivity contribution in [3.8, 4) is 5.75 Å². The maximum Gasteiger partial charge on any atom is 0.323 e. The molecule has 2 aliphatic rings. The molecular formula is C23H27F4N2O8PS. The van der Waals surface area contributed by atoms with Gasteiger partial charge in [-0.2, -0.15) is 0 Å². The Morgan fingerprint density at radius 2 is 1.92 bits per heavy atom. The number of carbonyl (C=O) groups is 3. The molecule has 0 aromatic heterocycles. The molecule has 16 heteroatoms. The lowest BCUT2D eigenvalue weighted by Gasteiger charge is -2.34. The van der Waals surface area contributed by atoms with Gasteiger partial charge in [-0.05, 0) is 44.7 Å². The second-order valence-corrected chi connectivity index (χ2v) is 12.2. The Labute approximate surface area is 226 Å². The zero-order chi connectivity index (χ0) is 29.1. The van der Waals surface area contributed by atoms with Gasteiger partial charge in [0.1, 0.15) is 17.9 Å². The summed E-state index contributed by atoms with van der Waals surface area (Å²) in [6.07, 6.45) is -12.1. The van der Waals surface area contributed by atoms with E-state index in [2.05, 4.69) is 5.09 Å². The fourth-order valence-corrected chi connectivity index (χ4v) is 6.10. The van der Waals surface area contributed by atoms with E-state index in [1.807, 2.05) is 0 Å². The third kappa shape index (κ3) is 7.02. The number of Topliss-reactive ketones (excluding diaryl/α,β-unsaturated/α-hetero) is 1. The highest BCUT2D eigenvalue weighted by molar-refractivity contribution is 8.09. The van der Waals surface area contributed by atoms with E-state index in [0.717, 1.165) is 0 Å². The number of allylic oxidation sites excluding steroid dienone is 1. The van der Waals surface area contributed by atoms with E-state index in [4.69, 9.17) is 30.3 Å². The van der Waals surface area contributed by atoms with Gasteiger partial charge in [0, 0.05) is 6.20 Å². The zero-order valence-electron chi connectivity index (χ0n) is 21.0. The van der Waals surface area contributed by atoms with Gasteiger partial charge in [0.2, 0.25) is 11.7 Å². The van der Waals surface area contributed by atoms with Crippen molar-refractivity contribution in [1.29, 1.82) is 0 Å². The number of rotatable bonds is 11. The van der Waals surface area contributed by atoms with Crippen LogP contribution < -0.4 is 9.61 Å². The number of nitrogens with zero attached hydrogens (tertiary/aromatic N) is 1. The van der Waals surface area contributed by atoms with Crippen LogP contribution in [0.4, 0.5) is 17.6 Å². The Kier molecular flexibility index (Phi) is 9.89. The van der Waals surface area contributed by atoms with Gasteiger partial charge in [-0.25, -0.2) is 22.6 Å². The van der Waals surface area contributed by atoms with Crippen molar-refractivity contribution in [3.63, 3.8) is 0 Å². The van der Waals surface area contributed by atoms with Gasteiger partial charge in [-0.3, -0.25) is 19.3 Å². The third-order valence-electron chi connectivity index (χ3n) is 5.65. The van der Waals surface area contributed by atoms with Crippen molar-refractivity contribution in [2.75, 3.05) is 6.61 Å². The van der Waals surface area contributed by atoms with Gasteiger partial charge in [0.15, 0.2) is 23.8 Å². The molecule has 39 heavy (non-hydrogen) atoms. The van der Waals surface area contributed by atoms with Gasteiger partial charge < -0.3 is 23.6 Å². The lowest BCUT2D eigenvalue weighted by atomic mass is 9.98. The standard InChI is InChI=1S/C23H27F4N2O8PS/c1-12(2)35-21(33)13(3)28-38(39,37-14-7-5-4-6-8-14)34-11-23(22(26)27)19(25)18(32)20(36-23)29-10-15(24)16(30)9-17(29)31/h4-8,10,12-13,18-20,22,32H,9,11H2,1-3H3,(H,28,39)/t13-,18+,19+,20+,23+,38?/m0/s1. The van der Waals surface area contributed by atoms with Crippen molar-refractivity contribution in [3.05, 3.63) is 42.4 Å². The molecular weight excluding hydrogens is 571 g/mol. The van der Waals surface area contributed by atoms with E-state index in [0.29, 0.717) is 11.1 Å². The number of halogens is 4. The summed E-state index contributed by atoms with van der Waals surface area (Å²) in [5, 5.41) is 13.0. The highest BCUT2D eigenvalue weighted by Crippen LogP contribution is 2.49. The van der Waals surface area contributed by atoms with Gasteiger partial charge in [-0.15, -0.1) is 0 Å². The Hall–Kier alpha value is -2.42. The molecule has 2 aliphatic heterocycles. The second kappa shape index (κ2) is 12.4. The average Bonchev–Trinajstić information content (AvgIpc) is 3.11. The van der Waals surface area contributed by atoms with Crippen LogP contribution in [0, 0.1) is 0 Å². The molecule has 3 rings (SSSR count). The minimum Gasteiger partial charge on any atom is -0.462 e. The van der Waals surface area contributed by atoms with Crippen LogP contribution >= 0.6 is 6.64 Å². The summed E-state index contributed by atoms with van der Waals surface area (Å²) in [6, 6.07) is 6.62. The van der Waals surface area contributed by atoms with Crippen LogP contribution in [0.15, 0.2) is 42.4 Å². The Morgan fingerprint density at radius 1 is 1.28 bits per heavy atom. The predicted octanol–water partition coefficient (Wildman–Crippen LogP) is 2.91. The van der Waals surface area contributed by atoms with Crippen LogP contribution in [0.25, 0.3) is 0 Å². The smallest absolute Gasteiger partial charge is 0.323 e. The number of amides is 1. The SMILES string of the molecule is CC(C)OC(=O)[C@H](C)NP(=S)(OC[C@@]1(C(F)F)O[C@@H](N2C=C(F)C(=O)CC2=O)[C@H](O)[C@H]1F)Oc1ccccc1. The summed E-state index contributed by atoms with van der Waals surface area (Å²) in [5.41, 5.74) is -3.19. The summed E-state index contributed by atoms with van der Waals surface area (Å²) in [6.45, 7) is -0.671. The molecule has 1 aromatic carbocycles. The third-order valence-corrected chi connectivity index (χ3v) is 8.13. The molecule has 10 nitrogen and oxygen atoms in total. The van der Waals surface area contributed by atoms with Gasteiger partial charge in [0.05, 0.1) is 19.1 Å². The van der Waals surface area contributed by atoms with Crippen LogP contribution in [0.1, 0.15) is 27.2 Å². The van der Waals surface area contributed by atoms with Crippen molar-refractivity contribution in [2.24, 2.45) is 0 Å². The first-order chi connectivity index (χ1) is 18.2. The van der Waals surface area contributed by atoms with E-state index < -0.39 is 85.8 Å². The first-order valence-electron chi connectivity index (χ1n) is 11.7. The molecule has 216 valence electrons. The largest absolute Gasteiger partial charge is 0.462 e. The lowest BCUT2D eigenvalue weighted by Crippen LogP contribution is -2.51. The topological polar surface area (TPSA) is 124 Å². The van der Waals surface area contributed by atoms with Crippen molar-refractivity contribution in [1.82, 2.24) is 9.99 Å². The van der Waals surface area contributed by atoms with E-state index in [-0.39, 0.29) is 5.75 Å². The molecule has 0 spiro atoms. The van der Waals surface area contributed by atoms with Crippen molar-refractivity contribution < 1.29 is 55.6 Å². The number of hydrogen-bond acceptors (Lipinski definition) is 9. The number of aliphatic hydroxyl groups excluding tert-OH is 1. The summed E-state index contributed by atoms with van der Waals surface area (Å²) < 4.78 is 79.4. The molecule has 1 fully saturated rings. The van der Waals surface area contributed by atoms with E-state index >= 15 is 4.39 Å². The maximum absolute atomic E-state index is 15.3. The average molecular weight is 599 g/mol. The molecule has 0 bridgehead atoms. The summed E-state index contributed by atoms with van der Waals surface area (Å²) >= 11 is 5.43. The van der Waals surface area contributed by atoms with Crippen molar-refractivity contribution in [2.45, 2.75) is 69.9 Å². The molecule has 0 radical (unpaired) electrons. The molecule has 6 atom stereocenters. The highest BCUT2D eigenvalue weighted by Gasteiger charge is 2.63. The number of nitrogens with one attached hydrogen (secondary N) is 1. The first-order valence-corrected chi connectivity index (χ1v) is 14.3. The number of hydrogen-bond donors (Lipinski definition) is 2. The van der Waals surface area contributed by atoms with Gasteiger partial charge in [-0.1, -0.05) is 18.2 Å². The van der Waals surface area contributed by atoms with Crippen LogP contribution in [-0.2, 0) is 40.2 Å². The summed E-state index contributed by atoms with van der Waals surface area (Å²) in [4.78, 5) is 36.4. The van der Waals surface area contributed by atoms with E-state index in [1.54, 1.807) is 32.0 Å². The number of aliphatic hydroxyl groups is 1. The van der Waals surface area contributed by atoms with E-state index in [1.165, 1.54) is 19.1 Å². The van der Waals surface area contributed by atoms with Crippen LogP contribution in [0.2, 0.25) is 0 Å². The van der Waals surface area contributed by atoms with Crippen LogP contribution in [0.5, 0.6) is 5.75 Å². The number of alkyl halides is 3. The Morgan fingerprint density at radius 3 is 2.51 bits per heavy atom. The molecule has 0 saturated carbocycles. The van der Waals surface area contributed by atoms with Gasteiger partial charge in [0.25, 0.3) is 6.43 Å². The monoisotopic (exact) mass is 598 g/mol. The lowest BCUT2D eigenvalue weighted by molar-refractivity contribution is -0.193. The predicted molar refractivity (Wildman–Crippen MR) is 131 cm³/mol. The molecule has 2 N–H and O–H groups in total. The van der Waals surface area contributed by atoms with Gasteiger partial charge >= 0.3 is 12.6 Å². The van der Waals surface area contributed by atoms with E-state index in [9.17, 15) is 32.7 Å². The second-order valence-electron chi connectivity index (χ2n) is 9.05. The molecule has 1 aromatic rings. The number of carbonyl (C=O) groups excluding carboxylic acids is 3. The molecule has 1 unspecified atom stereocenters. The minimum absolute atomic E-state index is 0.134. The first kappa shape index (κ1) is 31.1. The van der Waals surface area contributed by atoms with Crippen LogP contribution in [-0.4, -0.2) is 76.9 Å². The number of ketones is 1. The highest BCUT2D eigenvalue weighted by atomic mass is 32.5. The molecule has 0 aliphatic carbocycles. The molecule has 1 amide bonds. The number of ether oxygens (including phenoxy) is 2. The summed E-state index contributed by atoms with van der Waals surface area (Å²) in [7, 11) is 0. The summed E-state index contributed by atoms with van der Waals surface area (Å²) in [5.74, 6) is -4.29. The fourth-order valence-electron chi connectivity index (χ4n) is 3.68.